The molecule has 0 saturated heterocycles. The number of anilines is 2. The summed E-state index contributed by atoms with van der Waals surface area (Å²) in [6.07, 6.45) is 0.579. The second kappa shape index (κ2) is 5.60. The monoisotopic (exact) mass is 332 g/mol. The molecule has 0 radical (unpaired) electrons. The summed E-state index contributed by atoms with van der Waals surface area (Å²) in [6, 6.07) is 12.4. The van der Waals surface area contributed by atoms with Gasteiger partial charge in [-0.05, 0) is 17.5 Å². The van der Waals surface area contributed by atoms with Crippen molar-refractivity contribution in [3.05, 3.63) is 46.8 Å². The van der Waals surface area contributed by atoms with Gasteiger partial charge in [0.1, 0.15) is 0 Å². The van der Waals surface area contributed by atoms with Crippen LogP contribution in [0.5, 0.6) is 0 Å². The number of benzene rings is 2. The van der Waals surface area contributed by atoms with Crippen LogP contribution in [0, 0.1) is 0 Å². The summed E-state index contributed by atoms with van der Waals surface area (Å²) in [6.45, 7) is 0.489. The van der Waals surface area contributed by atoms with Gasteiger partial charge in [0.25, 0.3) is 0 Å². The summed E-state index contributed by atoms with van der Waals surface area (Å²) in [5, 5.41) is 13.3. The van der Waals surface area contributed by atoms with E-state index in [1.807, 2.05) is 30.3 Å². The van der Waals surface area contributed by atoms with Crippen molar-refractivity contribution < 1.29 is 4.42 Å². The molecule has 0 spiro atoms. The standard InChI is InChI=1S/C14H13BrN4O/c15-11-5-6-12(10-4-2-1-3-9(10)11)17-14-19-18-13(20-14)7-8-16/h1-6H,7-8,16H2,(H,17,19). The number of nitrogens with two attached hydrogens (primary N) is 1. The largest absolute Gasteiger partial charge is 0.408 e. The van der Waals surface area contributed by atoms with E-state index >= 15 is 0 Å². The fourth-order valence-electron chi connectivity index (χ4n) is 2.02. The first kappa shape index (κ1) is 13.1. The lowest BCUT2D eigenvalue weighted by molar-refractivity contribution is 0.510. The van der Waals surface area contributed by atoms with Gasteiger partial charge in [-0.3, -0.25) is 0 Å². The van der Waals surface area contributed by atoms with Gasteiger partial charge in [0.05, 0.1) is 5.69 Å². The Morgan fingerprint density at radius 1 is 1.10 bits per heavy atom. The first-order valence-corrected chi connectivity index (χ1v) is 7.04. The van der Waals surface area contributed by atoms with Gasteiger partial charge >= 0.3 is 6.01 Å². The van der Waals surface area contributed by atoms with Crippen LogP contribution in [0.15, 0.2) is 45.3 Å². The van der Waals surface area contributed by atoms with Crippen LogP contribution in [-0.2, 0) is 6.42 Å². The Kier molecular flexibility index (Phi) is 3.66. The Bertz CT molecular complexity index is 741. The highest BCUT2D eigenvalue weighted by atomic mass is 79.9. The molecule has 0 bridgehead atoms. The molecule has 0 aliphatic carbocycles. The molecule has 6 heteroatoms. The maximum atomic E-state index is 5.48. The van der Waals surface area contributed by atoms with Gasteiger partial charge in [0.2, 0.25) is 5.89 Å². The summed E-state index contributed by atoms with van der Waals surface area (Å²) in [5.41, 5.74) is 6.38. The molecule has 2 aromatic carbocycles. The summed E-state index contributed by atoms with van der Waals surface area (Å²) in [4.78, 5) is 0. The van der Waals surface area contributed by atoms with Crippen LogP contribution in [0.2, 0.25) is 0 Å². The van der Waals surface area contributed by atoms with Gasteiger partial charge in [-0.15, -0.1) is 5.10 Å². The molecule has 0 unspecified atom stereocenters. The quantitative estimate of drug-likeness (QED) is 0.766. The van der Waals surface area contributed by atoms with Crippen LogP contribution in [0.25, 0.3) is 10.8 Å². The normalized spacial score (nSPS) is 10.9. The Morgan fingerprint density at radius 2 is 1.90 bits per heavy atom. The van der Waals surface area contributed by atoms with E-state index in [9.17, 15) is 0 Å². The van der Waals surface area contributed by atoms with Gasteiger partial charge in [0, 0.05) is 22.8 Å². The van der Waals surface area contributed by atoms with Crippen LogP contribution >= 0.6 is 15.9 Å². The van der Waals surface area contributed by atoms with Gasteiger partial charge in [-0.1, -0.05) is 45.3 Å². The van der Waals surface area contributed by atoms with E-state index < -0.39 is 0 Å². The van der Waals surface area contributed by atoms with Gasteiger partial charge in [0.15, 0.2) is 0 Å². The third-order valence-electron chi connectivity index (χ3n) is 2.94. The summed E-state index contributed by atoms with van der Waals surface area (Å²) in [7, 11) is 0. The molecule has 0 atom stereocenters. The van der Waals surface area contributed by atoms with Crippen LogP contribution in [0.3, 0.4) is 0 Å². The van der Waals surface area contributed by atoms with E-state index in [1.165, 1.54) is 0 Å². The highest BCUT2D eigenvalue weighted by molar-refractivity contribution is 9.10. The number of rotatable bonds is 4. The van der Waals surface area contributed by atoms with Crippen LogP contribution in [0.1, 0.15) is 5.89 Å². The molecule has 102 valence electrons. The van der Waals surface area contributed by atoms with Crippen LogP contribution < -0.4 is 11.1 Å². The maximum absolute atomic E-state index is 5.48. The predicted octanol–water partition coefficient (Wildman–Crippen LogP) is 3.23. The maximum Gasteiger partial charge on any atom is 0.320 e. The predicted molar refractivity (Wildman–Crippen MR) is 82.0 cm³/mol. The molecule has 0 aliphatic rings. The van der Waals surface area contributed by atoms with E-state index in [0.717, 1.165) is 20.9 Å². The number of aromatic nitrogens is 2. The van der Waals surface area contributed by atoms with Crippen molar-refractivity contribution in [2.75, 3.05) is 11.9 Å². The lowest BCUT2D eigenvalue weighted by atomic mass is 10.1. The molecule has 0 saturated carbocycles. The Balaban J connectivity index is 1.96. The molecule has 0 fully saturated rings. The van der Waals surface area contributed by atoms with Crippen LogP contribution in [-0.4, -0.2) is 16.7 Å². The van der Waals surface area contributed by atoms with Crippen molar-refractivity contribution in [1.29, 1.82) is 0 Å². The molecular formula is C14H13BrN4O. The average molecular weight is 333 g/mol. The second-order valence-electron chi connectivity index (χ2n) is 4.31. The lowest BCUT2D eigenvalue weighted by Gasteiger charge is -2.07. The smallest absolute Gasteiger partial charge is 0.320 e. The van der Waals surface area contributed by atoms with E-state index in [2.05, 4.69) is 37.5 Å². The molecule has 1 heterocycles. The number of nitrogens with one attached hydrogen (secondary N) is 1. The van der Waals surface area contributed by atoms with Gasteiger partial charge in [-0.2, -0.15) is 0 Å². The molecule has 3 N–H and O–H groups in total. The third-order valence-corrected chi connectivity index (χ3v) is 3.63. The fourth-order valence-corrected chi connectivity index (χ4v) is 2.49. The third kappa shape index (κ3) is 2.52. The zero-order valence-corrected chi connectivity index (χ0v) is 12.2. The van der Waals surface area contributed by atoms with Crippen molar-refractivity contribution in [2.45, 2.75) is 6.42 Å². The molecular weight excluding hydrogens is 320 g/mol. The molecule has 3 rings (SSSR count). The van der Waals surface area contributed by atoms with E-state index in [4.69, 9.17) is 10.2 Å². The Morgan fingerprint density at radius 3 is 2.70 bits per heavy atom. The Labute approximate surface area is 124 Å². The zero-order valence-electron chi connectivity index (χ0n) is 10.6. The summed E-state index contributed by atoms with van der Waals surface area (Å²) in [5.74, 6) is 0.538. The highest BCUT2D eigenvalue weighted by Gasteiger charge is 2.08. The molecule has 1 aromatic heterocycles. The number of fused-ring (bicyclic) bond motifs is 1. The lowest BCUT2D eigenvalue weighted by Crippen LogP contribution is -2.02. The van der Waals surface area contributed by atoms with Crippen molar-refractivity contribution in [3.63, 3.8) is 0 Å². The summed E-state index contributed by atoms with van der Waals surface area (Å²) >= 11 is 3.55. The van der Waals surface area contributed by atoms with Crippen molar-refractivity contribution in [3.8, 4) is 0 Å². The minimum absolute atomic E-state index is 0.376. The zero-order chi connectivity index (χ0) is 13.9. The number of nitrogens with zero attached hydrogens (tertiary/aromatic N) is 2. The second-order valence-corrected chi connectivity index (χ2v) is 5.16. The van der Waals surface area contributed by atoms with Gasteiger partial charge < -0.3 is 15.5 Å². The number of hydrogen-bond donors (Lipinski definition) is 2. The minimum atomic E-state index is 0.376. The van der Waals surface area contributed by atoms with E-state index in [1.54, 1.807) is 0 Å². The molecule has 0 aliphatic heterocycles. The molecule has 5 nitrogen and oxygen atoms in total. The molecule has 3 aromatic rings. The highest BCUT2D eigenvalue weighted by Crippen LogP contribution is 2.31. The molecule has 0 amide bonds. The van der Waals surface area contributed by atoms with Crippen LogP contribution in [0.4, 0.5) is 11.7 Å². The van der Waals surface area contributed by atoms with E-state index in [-0.39, 0.29) is 0 Å². The van der Waals surface area contributed by atoms with E-state index in [0.29, 0.717) is 24.9 Å². The topological polar surface area (TPSA) is 77.0 Å². The Hall–Kier alpha value is -1.92. The summed E-state index contributed by atoms with van der Waals surface area (Å²) < 4.78 is 6.53. The number of hydrogen-bond acceptors (Lipinski definition) is 5. The first-order chi connectivity index (χ1) is 9.78. The average Bonchev–Trinajstić information content (AvgIpc) is 2.90. The van der Waals surface area contributed by atoms with Crippen molar-refractivity contribution in [2.24, 2.45) is 5.73 Å². The SMILES string of the molecule is NCCc1nnc(Nc2ccc(Br)c3ccccc23)o1. The first-order valence-electron chi connectivity index (χ1n) is 6.24. The van der Waals surface area contributed by atoms with Gasteiger partial charge in [-0.25, -0.2) is 0 Å². The molecule has 20 heavy (non-hydrogen) atoms. The van der Waals surface area contributed by atoms with Crippen molar-refractivity contribution in [1.82, 2.24) is 10.2 Å². The fraction of sp³-hybridized carbons (Fsp3) is 0.143. The van der Waals surface area contributed by atoms with Crippen molar-refractivity contribution >= 4 is 38.4 Å². The number of halogens is 1. The minimum Gasteiger partial charge on any atom is -0.408 e.